The zero-order valence-corrected chi connectivity index (χ0v) is 15.4. The average molecular weight is 358 g/mol. The summed E-state index contributed by atoms with van der Waals surface area (Å²) in [6, 6.07) is 0.663. The number of carbonyl (C=O) groups is 2. The van der Waals surface area contributed by atoms with Crippen LogP contribution in [0.25, 0.3) is 0 Å². The second kappa shape index (κ2) is 10.1. The third-order valence-electron chi connectivity index (χ3n) is 4.90. The van der Waals surface area contributed by atoms with E-state index < -0.39 is 5.97 Å². The largest absolute Gasteiger partial charge is 0.481 e. The van der Waals surface area contributed by atoms with Crippen LogP contribution in [0.1, 0.15) is 51.4 Å². The molecule has 2 rings (SSSR count). The molecule has 2 amide bonds. The first-order valence-corrected chi connectivity index (χ1v) is 10.2. The Kier molecular flexibility index (Phi) is 8.18. The third kappa shape index (κ3) is 6.51. The first kappa shape index (κ1) is 19.4. The Hall–Kier alpha value is -0.950. The van der Waals surface area contributed by atoms with E-state index in [4.69, 9.17) is 5.11 Å². The lowest BCUT2D eigenvalue weighted by atomic mass is 10.0. The molecule has 0 aromatic rings. The van der Waals surface area contributed by atoms with Crippen LogP contribution in [0.5, 0.6) is 0 Å². The van der Waals surface area contributed by atoms with Gasteiger partial charge >= 0.3 is 12.0 Å². The van der Waals surface area contributed by atoms with Crippen LogP contribution in [0.2, 0.25) is 0 Å². The lowest BCUT2D eigenvalue weighted by molar-refractivity contribution is -0.137. The van der Waals surface area contributed by atoms with Crippen molar-refractivity contribution in [3.05, 3.63) is 0 Å². The third-order valence-corrected chi connectivity index (χ3v) is 6.41. The molecular weight excluding hydrogens is 326 g/mol. The Labute approximate surface area is 149 Å². The number of unbranched alkanes of at least 4 members (excludes halogenated alkanes) is 4. The first-order chi connectivity index (χ1) is 11.6. The molecular formula is C17H31N3O3S. The van der Waals surface area contributed by atoms with Crippen molar-refractivity contribution in [1.82, 2.24) is 15.5 Å². The minimum atomic E-state index is -0.692. The van der Waals surface area contributed by atoms with Gasteiger partial charge in [-0.25, -0.2) is 4.79 Å². The van der Waals surface area contributed by atoms with Gasteiger partial charge in [-0.1, -0.05) is 19.3 Å². The standard InChI is InChI=1S/C17H31N3O3S/c1-20(11-7-3-5-9-15(21)22)10-6-2-4-8-14-16-13(12-24-14)18-17(23)19-16/h13-14,16H,2-12H2,1H3,(H,21,22)(H2,18,19,23). The number of urea groups is 1. The van der Waals surface area contributed by atoms with Crippen molar-refractivity contribution in [3.63, 3.8) is 0 Å². The fourth-order valence-electron chi connectivity index (χ4n) is 3.49. The van der Waals surface area contributed by atoms with Crippen LogP contribution in [0, 0.1) is 0 Å². The van der Waals surface area contributed by atoms with Crippen LogP contribution < -0.4 is 10.6 Å². The number of rotatable bonds is 12. The molecule has 3 atom stereocenters. The van der Waals surface area contributed by atoms with Crippen molar-refractivity contribution in [3.8, 4) is 0 Å². The number of carboxylic acids is 1. The van der Waals surface area contributed by atoms with Gasteiger partial charge < -0.3 is 20.6 Å². The molecule has 7 heteroatoms. The zero-order chi connectivity index (χ0) is 17.4. The minimum Gasteiger partial charge on any atom is -0.481 e. The molecule has 0 aromatic carbocycles. The van der Waals surface area contributed by atoms with E-state index in [1.807, 2.05) is 11.8 Å². The monoisotopic (exact) mass is 357 g/mol. The van der Waals surface area contributed by atoms with E-state index >= 15 is 0 Å². The number of amides is 2. The van der Waals surface area contributed by atoms with Crippen LogP contribution in [0.15, 0.2) is 0 Å². The van der Waals surface area contributed by atoms with Gasteiger partial charge in [0.15, 0.2) is 0 Å². The highest BCUT2D eigenvalue weighted by Gasteiger charge is 2.42. The topological polar surface area (TPSA) is 81.7 Å². The number of nitrogens with one attached hydrogen (secondary N) is 2. The molecule has 6 nitrogen and oxygen atoms in total. The molecule has 24 heavy (non-hydrogen) atoms. The van der Waals surface area contributed by atoms with E-state index in [0.29, 0.717) is 23.8 Å². The van der Waals surface area contributed by atoms with Crippen molar-refractivity contribution >= 4 is 23.8 Å². The second-order valence-corrected chi connectivity index (χ2v) is 8.25. The number of nitrogens with zero attached hydrogens (tertiary/aromatic N) is 1. The summed E-state index contributed by atoms with van der Waals surface area (Å²) >= 11 is 1.99. The van der Waals surface area contributed by atoms with Crippen molar-refractivity contribution in [2.45, 2.75) is 68.7 Å². The van der Waals surface area contributed by atoms with Crippen LogP contribution in [-0.2, 0) is 4.79 Å². The van der Waals surface area contributed by atoms with Crippen molar-refractivity contribution < 1.29 is 14.7 Å². The number of carboxylic acid groups (broad SMARTS) is 1. The summed E-state index contributed by atoms with van der Waals surface area (Å²) in [4.78, 5) is 24.1. The predicted molar refractivity (Wildman–Crippen MR) is 97.6 cm³/mol. The van der Waals surface area contributed by atoms with Gasteiger partial charge in [0.05, 0.1) is 12.1 Å². The summed E-state index contributed by atoms with van der Waals surface area (Å²) in [6.07, 6.45) is 8.02. The summed E-state index contributed by atoms with van der Waals surface area (Å²) in [5.41, 5.74) is 0. The Morgan fingerprint density at radius 1 is 1.17 bits per heavy atom. The highest BCUT2D eigenvalue weighted by molar-refractivity contribution is 8.00. The number of hydrogen-bond donors (Lipinski definition) is 3. The molecule has 0 aromatic heterocycles. The average Bonchev–Trinajstić information content (AvgIpc) is 3.06. The van der Waals surface area contributed by atoms with Crippen LogP contribution in [0.4, 0.5) is 4.79 Å². The smallest absolute Gasteiger partial charge is 0.315 e. The van der Waals surface area contributed by atoms with Crippen molar-refractivity contribution in [2.24, 2.45) is 0 Å². The Morgan fingerprint density at radius 2 is 1.88 bits per heavy atom. The van der Waals surface area contributed by atoms with Crippen LogP contribution in [-0.4, -0.2) is 65.2 Å². The van der Waals surface area contributed by atoms with Gasteiger partial charge in [-0.15, -0.1) is 0 Å². The van der Waals surface area contributed by atoms with E-state index in [0.717, 1.165) is 38.1 Å². The Balaban J connectivity index is 1.44. The van der Waals surface area contributed by atoms with Gasteiger partial charge in [-0.05, 0) is 45.8 Å². The van der Waals surface area contributed by atoms with Crippen molar-refractivity contribution in [1.29, 1.82) is 0 Å². The molecule has 138 valence electrons. The SMILES string of the molecule is CN(CCCCCC(=O)O)CCCCCC1SCC2NC(=O)NC21. The molecule has 2 aliphatic rings. The summed E-state index contributed by atoms with van der Waals surface area (Å²) in [5.74, 6) is 0.349. The molecule has 2 saturated heterocycles. The van der Waals surface area contributed by atoms with E-state index in [1.165, 1.54) is 25.7 Å². The Bertz CT molecular complexity index is 422. The molecule has 2 aliphatic heterocycles. The van der Waals surface area contributed by atoms with Crippen molar-refractivity contribution in [2.75, 3.05) is 25.9 Å². The van der Waals surface area contributed by atoms with Gasteiger partial charge in [-0.3, -0.25) is 4.79 Å². The van der Waals surface area contributed by atoms with E-state index in [-0.39, 0.29) is 6.03 Å². The molecule has 2 heterocycles. The molecule has 3 N–H and O–H groups in total. The number of carbonyl (C=O) groups excluding carboxylic acids is 1. The fourth-order valence-corrected chi connectivity index (χ4v) is 5.04. The van der Waals surface area contributed by atoms with Gasteiger partial charge in [0.1, 0.15) is 0 Å². The highest BCUT2D eigenvalue weighted by Crippen LogP contribution is 2.33. The molecule has 0 bridgehead atoms. The number of hydrogen-bond acceptors (Lipinski definition) is 4. The fraction of sp³-hybridized carbons (Fsp3) is 0.882. The molecule has 3 unspecified atom stereocenters. The number of fused-ring (bicyclic) bond motifs is 1. The lowest BCUT2D eigenvalue weighted by Crippen LogP contribution is -2.36. The predicted octanol–water partition coefficient (Wildman–Crippen LogP) is 2.29. The van der Waals surface area contributed by atoms with Crippen LogP contribution in [0.3, 0.4) is 0 Å². The zero-order valence-electron chi connectivity index (χ0n) is 14.6. The number of thioether (sulfide) groups is 1. The quantitative estimate of drug-likeness (QED) is 0.369. The second-order valence-electron chi connectivity index (χ2n) is 6.98. The van der Waals surface area contributed by atoms with E-state index in [1.54, 1.807) is 0 Å². The Morgan fingerprint density at radius 3 is 2.58 bits per heavy atom. The first-order valence-electron chi connectivity index (χ1n) is 9.15. The van der Waals surface area contributed by atoms with E-state index in [9.17, 15) is 9.59 Å². The lowest BCUT2D eigenvalue weighted by Gasteiger charge is -2.18. The maximum atomic E-state index is 11.3. The van der Waals surface area contributed by atoms with Gasteiger partial charge in [0.25, 0.3) is 0 Å². The van der Waals surface area contributed by atoms with Gasteiger partial charge in [-0.2, -0.15) is 11.8 Å². The summed E-state index contributed by atoms with van der Waals surface area (Å²) in [6.45, 7) is 2.17. The number of aliphatic carboxylic acids is 1. The summed E-state index contributed by atoms with van der Waals surface area (Å²) in [5, 5.41) is 15.2. The summed E-state index contributed by atoms with van der Waals surface area (Å²) in [7, 11) is 2.15. The minimum absolute atomic E-state index is 0.000259. The van der Waals surface area contributed by atoms with E-state index in [2.05, 4.69) is 22.6 Å². The summed E-state index contributed by atoms with van der Waals surface area (Å²) < 4.78 is 0. The van der Waals surface area contributed by atoms with Gasteiger partial charge in [0.2, 0.25) is 0 Å². The maximum absolute atomic E-state index is 11.3. The highest BCUT2D eigenvalue weighted by atomic mass is 32.2. The molecule has 0 spiro atoms. The van der Waals surface area contributed by atoms with Crippen LogP contribution >= 0.6 is 11.8 Å². The maximum Gasteiger partial charge on any atom is 0.315 e. The molecule has 2 fully saturated rings. The normalized spacial score (nSPS) is 25.6. The van der Waals surface area contributed by atoms with Gasteiger partial charge in [0, 0.05) is 17.4 Å². The molecule has 0 radical (unpaired) electrons. The molecule has 0 aliphatic carbocycles. The molecule has 0 saturated carbocycles.